The molecule has 0 fully saturated rings. The van der Waals surface area contributed by atoms with Gasteiger partial charge in [0.05, 0.1) is 28.2 Å². The van der Waals surface area contributed by atoms with Gasteiger partial charge in [-0.1, -0.05) is 23.2 Å². The van der Waals surface area contributed by atoms with Gasteiger partial charge in [0, 0.05) is 17.8 Å². The van der Waals surface area contributed by atoms with Crippen molar-refractivity contribution in [2.75, 3.05) is 12.4 Å². The van der Waals surface area contributed by atoms with E-state index in [1.807, 2.05) is 24.5 Å². The molecule has 2 aromatic heterocycles. The Morgan fingerprint density at radius 1 is 1.22 bits per heavy atom. The number of aromatic amines is 1. The summed E-state index contributed by atoms with van der Waals surface area (Å²) in [6.07, 6.45) is 0. The number of carbonyl (C=O) groups excluding carboxylic acids is 1. The predicted octanol–water partition coefficient (Wildman–Crippen LogP) is 4.65. The zero-order chi connectivity index (χ0) is 23.0. The molecule has 0 saturated carbocycles. The lowest BCUT2D eigenvalue weighted by molar-refractivity contribution is 0.101. The van der Waals surface area contributed by atoms with Crippen LogP contribution in [0.25, 0.3) is 11.0 Å². The van der Waals surface area contributed by atoms with Crippen LogP contribution in [0.3, 0.4) is 0 Å². The number of imidazole rings is 1. The van der Waals surface area contributed by atoms with Crippen molar-refractivity contribution in [1.29, 1.82) is 0 Å². The highest BCUT2D eigenvalue weighted by molar-refractivity contribution is 6.37. The minimum absolute atomic E-state index is 0.111. The summed E-state index contributed by atoms with van der Waals surface area (Å²) in [7, 11) is 1.57. The van der Waals surface area contributed by atoms with Crippen LogP contribution < -0.4 is 20.5 Å². The Bertz CT molecular complexity index is 1350. The molecule has 0 atom stereocenters. The predicted molar refractivity (Wildman–Crippen MR) is 118 cm³/mol. The Kier molecular flexibility index (Phi) is 5.81. The summed E-state index contributed by atoms with van der Waals surface area (Å²) in [5.41, 5.74) is 1.86. The van der Waals surface area contributed by atoms with Gasteiger partial charge in [0.15, 0.2) is 5.75 Å². The van der Waals surface area contributed by atoms with Crippen LogP contribution in [-0.4, -0.2) is 32.7 Å². The zero-order valence-electron chi connectivity index (χ0n) is 17.1. The van der Waals surface area contributed by atoms with Gasteiger partial charge < -0.3 is 14.8 Å². The molecular formula is C20H17Cl2N5O5. The Labute approximate surface area is 191 Å². The van der Waals surface area contributed by atoms with Gasteiger partial charge in [-0.15, -0.1) is 0 Å². The average Bonchev–Trinajstić information content (AvgIpc) is 3.33. The minimum Gasteiger partial charge on any atom is -0.468 e. The third-order valence-corrected chi connectivity index (χ3v) is 5.02. The number of anilines is 1. The highest BCUT2D eigenvalue weighted by atomic mass is 35.5. The van der Waals surface area contributed by atoms with Crippen molar-refractivity contribution in [1.82, 2.24) is 19.7 Å². The molecule has 0 spiro atoms. The average molecular weight is 478 g/mol. The summed E-state index contributed by atoms with van der Waals surface area (Å²) in [6, 6.07) is 8.88. The summed E-state index contributed by atoms with van der Waals surface area (Å²) >= 11 is 12.7. The summed E-state index contributed by atoms with van der Waals surface area (Å²) in [6.45, 7) is 4.04. The van der Waals surface area contributed by atoms with Crippen molar-refractivity contribution >= 4 is 45.8 Å². The molecule has 0 aliphatic carbocycles. The number of hydrogen-bond donors (Lipinski definition) is 2. The number of rotatable bonds is 6. The first-order valence-corrected chi connectivity index (χ1v) is 10.1. The van der Waals surface area contributed by atoms with Gasteiger partial charge in [-0.2, -0.15) is 4.98 Å². The van der Waals surface area contributed by atoms with E-state index >= 15 is 0 Å². The van der Waals surface area contributed by atoms with Crippen molar-refractivity contribution in [3.05, 3.63) is 56.8 Å². The number of halogens is 2. The Hall–Kier alpha value is -3.50. The van der Waals surface area contributed by atoms with Crippen LogP contribution in [0, 0.1) is 0 Å². The molecular weight excluding hydrogens is 461 g/mol. The maximum absolute atomic E-state index is 12.1. The third-order valence-electron chi connectivity index (χ3n) is 4.46. The smallest absolute Gasteiger partial charge is 0.439 e. The largest absolute Gasteiger partial charge is 0.468 e. The lowest BCUT2D eigenvalue weighted by Crippen LogP contribution is -2.14. The molecule has 0 radical (unpaired) electrons. The molecule has 12 heteroatoms. The number of nitrogens with one attached hydrogen (secondary N) is 2. The minimum atomic E-state index is -0.844. The summed E-state index contributed by atoms with van der Waals surface area (Å²) < 4.78 is 17.6. The molecule has 2 heterocycles. The summed E-state index contributed by atoms with van der Waals surface area (Å²) in [5, 5.41) is 6.16. The molecule has 2 aromatic carbocycles. The number of carbonyl (C=O) groups is 1. The second-order valence-electron chi connectivity index (χ2n) is 6.98. The molecule has 0 aliphatic heterocycles. The summed E-state index contributed by atoms with van der Waals surface area (Å²) in [5.74, 6) is -1.12. The van der Waals surface area contributed by atoms with E-state index in [9.17, 15) is 9.59 Å². The van der Waals surface area contributed by atoms with Gasteiger partial charge in [-0.25, -0.2) is 4.79 Å². The van der Waals surface area contributed by atoms with E-state index in [1.165, 1.54) is 12.1 Å². The molecule has 2 N–H and O–H groups in total. The van der Waals surface area contributed by atoms with Crippen LogP contribution in [0.4, 0.5) is 5.69 Å². The first-order chi connectivity index (χ1) is 15.3. The van der Waals surface area contributed by atoms with Crippen LogP contribution in [0.15, 0.2) is 39.6 Å². The van der Waals surface area contributed by atoms with E-state index < -0.39 is 11.7 Å². The van der Waals surface area contributed by atoms with Crippen LogP contribution in [0.5, 0.6) is 17.5 Å². The highest BCUT2D eigenvalue weighted by Crippen LogP contribution is 2.40. The van der Waals surface area contributed by atoms with Crippen LogP contribution in [-0.2, 0) is 0 Å². The third kappa shape index (κ3) is 4.14. The number of hydrogen-bond acceptors (Lipinski definition) is 7. The quantitative estimate of drug-likeness (QED) is 0.413. The van der Waals surface area contributed by atoms with Crippen LogP contribution in [0.2, 0.25) is 10.0 Å². The maximum Gasteiger partial charge on any atom is 0.439 e. The molecule has 4 rings (SSSR count). The molecule has 32 heavy (non-hydrogen) atoms. The van der Waals surface area contributed by atoms with Gasteiger partial charge in [0.25, 0.3) is 11.9 Å². The Morgan fingerprint density at radius 2 is 1.94 bits per heavy atom. The monoisotopic (exact) mass is 477 g/mol. The molecule has 0 unspecified atom stereocenters. The zero-order valence-corrected chi connectivity index (χ0v) is 18.6. The fourth-order valence-electron chi connectivity index (χ4n) is 3.12. The SMILES string of the molecule is COc1nc2ccc(Oc3c(Cl)cc(NC(=O)c4noc(=O)[nH]4)cc3Cl)cc2n1C(C)C. The van der Waals surface area contributed by atoms with Crippen LogP contribution >= 0.6 is 23.2 Å². The normalized spacial score (nSPS) is 11.2. The Morgan fingerprint density at radius 3 is 2.53 bits per heavy atom. The van der Waals surface area contributed by atoms with E-state index in [2.05, 4.69) is 25.0 Å². The van der Waals surface area contributed by atoms with Gasteiger partial charge in [0.1, 0.15) is 5.75 Å². The fraction of sp³-hybridized carbons (Fsp3) is 0.200. The summed E-state index contributed by atoms with van der Waals surface area (Å²) in [4.78, 5) is 29.7. The number of methoxy groups -OCH3 is 1. The van der Waals surface area contributed by atoms with Crippen molar-refractivity contribution in [3.63, 3.8) is 0 Å². The molecule has 4 aromatic rings. The maximum atomic E-state index is 12.1. The molecule has 1 amide bonds. The van der Waals surface area contributed by atoms with Crippen molar-refractivity contribution in [2.24, 2.45) is 0 Å². The van der Waals surface area contributed by atoms with Gasteiger partial charge in [-0.3, -0.25) is 18.9 Å². The number of benzene rings is 2. The van der Waals surface area contributed by atoms with Crippen LogP contribution in [0.1, 0.15) is 30.5 Å². The molecule has 0 aliphatic rings. The standard InChI is InChI=1S/C20H17Cl2N5O5/c1-9(2)27-15-8-11(4-5-14(15)24-19(27)30-3)31-16-12(21)6-10(7-13(16)22)23-18(28)17-25-20(29)32-26-17/h4-9H,1-3H3,(H,23,28)(H,25,26,29). The second-order valence-corrected chi connectivity index (χ2v) is 7.80. The molecule has 166 valence electrons. The van der Waals surface area contributed by atoms with Gasteiger partial charge >= 0.3 is 5.76 Å². The lowest BCUT2D eigenvalue weighted by Gasteiger charge is -2.14. The van der Waals surface area contributed by atoms with Gasteiger partial charge in [-0.05, 0) is 43.3 Å². The topological polar surface area (TPSA) is 124 Å². The number of aromatic nitrogens is 4. The van der Waals surface area contributed by atoms with E-state index in [1.54, 1.807) is 19.2 Å². The number of fused-ring (bicyclic) bond motifs is 1. The second kappa shape index (κ2) is 8.56. The van der Waals surface area contributed by atoms with E-state index in [0.717, 1.165) is 11.0 Å². The number of amides is 1. The van der Waals surface area contributed by atoms with E-state index in [-0.39, 0.29) is 33.3 Å². The van der Waals surface area contributed by atoms with Crippen molar-refractivity contribution < 1.29 is 18.8 Å². The first kappa shape index (κ1) is 21.7. The number of nitrogens with zero attached hydrogens (tertiary/aromatic N) is 3. The van der Waals surface area contributed by atoms with Gasteiger partial charge in [0.2, 0.25) is 5.82 Å². The number of H-pyrrole nitrogens is 1. The Balaban J connectivity index is 1.62. The molecule has 0 bridgehead atoms. The molecule has 10 nitrogen and oxygen atoms in total. The van der Waals surface area contributed by atoms with E-state index in [4.69, 9.17) is 32.7 Å². The van der Waals surface area contributed by atoms with Crippen molar-refractivity contribution in [3.8, 4) is 17.5 Å². The highest BCUT2D eigenvalue weighted by Gasteiger charge is 2.18. The first-order valence-electron chi connectivity index (χ1n) is 9.37. The molecule has 0 saturated heterocycles. The number of ether oxygens (including phenoxy) is 2. The van der Waals surface area contributed by atoms with E-state index in [0.29, 0.717) is 11.8 Å². The lowest BCUT2D eigenvalue weighted by atomic mass is 10.2. The van der Waals surface area contributed by atoms with Crippen molar-refractivity contribution in [2.45, 2.75) is 19.9 Å². The fourth-order valence-corrected chi connectivity index (χ4v) is 3.69.